The summed E-state index contributed by atoms with van der Waals surface area (Å²) in [5.41, 5.74) is 1.05. The number of esters is 1. The molecule has 2 atom stereocenters. The van der Waals surface area contributed by atoms with Crippen LogP contribution < -0.4 is 4.74 Å². The number of hydrogen-bond donors (Lipinski definition) is 0. The molecule has 0 aliphatic rings. The lowest BCUT2D eigenvalue weighted by atomic mass is 9.94. The van der Waals surface area contributed by atoms with Crippen LogP contribution in [0.4, 0.5) is 0 Å². The van der Waals surface area contributed by atoms with Gasteiger partial charge in [0.25, 0.3) is 0 Å². The molecule has 4 nitrogen and oxygen atoms in total. The van der Waals surface area contributed by atoms with E-state index in [0.717, 1.165) is 17.5 Å². The van der Waals surface area contributed by atoms with Crippen LogP contribution in [-0.2, 0) is 19.9 Å². The first-order chi connectivity index (χ1) is 10.2. The monoisotopic (exact) mass is 308 g/mol. The number of para-hydroxylation sites is 1. The second-order valence-electron chi connectivity index (χ2n) is 6.11. The SMILES string of the molecule is CCC(C)C(=O)OC(C)(C)c1cccc(C)c1OC(C)OC. The third-order valence-corrected chi connectivity index (χ3v) is 3.85. The Morgan fingerprint density at radius 1 is 1.27 bits per heavy atom. The van der Waals surface area contributed by atoms with Crippen LogP contribution in [0.2, 0.25) is 0 Å². The zero-order valence-corrected chi connectivity index (χ0v) is 14.7. The maximum Gasteiger partial charge on any atom is 0.309 e. The van der Waals surface area contributed by atoms with Gasteiger partial charge in [-0.1, -0.05) is 32.0 Å². The van der Waals surface area contributed by atoms with Gasteiger partial charge in [0, 0.05) is 12.7 Å². The van der Waals surface area contributed by atoms with Crippen molar-refractivity contribution in [2.75, 3.05) is 7.11 Å². The second-order valence-corrected chi connectivity index (χ2v) is 6.11. The minimum Gasteiger partial charge on any atom is -0.465 e. The van der Waals surface area contributed by atoms with E-state index < -0.39 is 5.60 Å². The van der Waals surface area contributed by atoms with Crippen molar-refractivity contribution in [2.45, 2.75) is 59.9 Å². The fraction of sp³-hybridized carbons (Fsp3) is 0.611. The minimum absolute atomic E-state index is 0.119. The van der Waals surface area contributed by atoms with Crippen molar-refractivity contribution < 1.29 is 19.0 Å². The maximum atomic E-state index is 12.1. The van der Waals surface area contributed by atoms with Crippen LogP contribution in [0.15, 0.2) is 18.2 Å². The summed E-state index contributed by atoms with van der Waals surface area (Å²) in [5, 5.41) is 0. The van der Waals surface area contributed by atoms with Gasteiger partial charge in [-0.2, -0.15) is 0 Å². The van der Waals surface area contributed by atoms with Crippen LogP contribution in [0, 0.1) is 12.8 Å². The molecular formula is C18H28O4. The third kappa shape index (κ3) is 4.47. The van der Waals surface area contributed by atoms with Crippen molar-refractivity contribution in [3.8, 4) is 5.75 Å². The Morgan fingerprint density at radius 3 is 2.45 bits per heavy atom. The Balaban J connectivity index is 3.13. The second kappa shape index (κ2) is 7.63. The zero-order chi connectivity index (χ0) is 16.9. The van der Waals surface area contributed by atoms with E-state index in [0.29, 0.717) is 5.75 Å². The van der Waals surface area contributed by atoms with Crippen molar-refractivity contribution in [1.82, 2.24) is 0 Å². The fourth-order valence-corrected chi connectivity index (χ4v) is 2.07. The quantitative estimate of drug-likeness (QED) is 0.559. The first kappa shape index (κ1) is 18.5. The number of rotatable bonds is 7. The lowest BCUT2D eigenvalue weighted by molar-refractivity contribution is -0.162. The molecule has 0 aliphatic heterocycles. The molecule has 0 heterocycles. The predicted octanol–water partition coefficient (Wildman–Crippen LogP) is 4.19. The van der Waals surface area contributed by atoms with Crippen molar-refractivity contribution in [1.29, 1.82) is 0 Å². The lowest BCUT2D eigenvalue weighted by Crippen LogP contribution is -2.30. The average molecular weight is 308 g/mol. The van der Waals surface area contributed by atoms with Gasteiger partial charge in [-0.05, 0) is 39.7 Å². The van der Waals surface area contributed by atoms with E-state index in [9.17, 15) is 4.79 Å². The lowest BCUT2D eigenvalue weighted by Gasteiger charge is -2.30. The van der Waals surface area contributed by atoms with Crippen LogP contribution in [0.1, 0.15) is 52.2 Å². The number of ether oxygens (including phenoxy) is 3. The van der Waals surface area contributed by atoms with E-state index in [1.54, 1.807) is 7.11 Å². The van der Waals surface area contributed by atoms with Gasteiger partial charge in [0.2, 0.25) is 0 Å². The molecule has 0 aliphatic carbocycles. The van der Waals surface area contributed by atoms with E-state index in [1.165, 1.54) is 0 Å². The van der Waals surface area contributed by atoms with Gasteiger partial charge in [0.1, 0.15) is 11.4 Å². The van der Waals surface area contributed by atoms with E-state index in [4.69, 9.17) is 14.2 Å². The Labute approximate surface area is 133 Å². The van der Waals surface area contributed by atoms with E-state index >= 15 is 0 Å². The van der Waals surface area contributed by atoms with Crippen molar-refractivity contribution in [2.24, 2.45) is 5.92 Å². The van der Waals surface area contributed by atoms with E-state index in [1.807, 2.05) is 59.7 Å². The summed E-state index contributed by atoms with van der Waals surface area (Å²) in [6, 6.07) is 5.83. The molecular weight excluding hydrogens is 280 g/mol. The zero-order valence-electron chi connectivity index (χ0n) is 14.7. The fourth-order valence-electron chi connectivity index (χ4n) is 2.07. The first-order valence-electron chi connectivity index (χ1n) is 7.75. The van der Waals surface area contributed by atoms with Crippen LogP contribution in [-0.4, -0.2) is 19.4 Å². The van der Waals surface area contributed by atoms with Crippen LogP contribution >= 0.6 is 0 Å². The number of benzene rings is 1. The highest BCUT2D eigenvalue weighted by Crippen LogP contribution is 2.36. The number of hydrogen-bond acceptors (Lipinski definition) is 4. The highest BCUT2D eigenvalue weighted by molar-refractivity contribution is 5.72. The van der Waals surface area contributed by atoms with Gasteiger partial charge in [-0.3, -0.25) is 4.79 Å². The molecule has 22 heavy (non-hydrogen) atoms. The molecule has 0 saturated carbocycles. The standard InChI is InChI=1S/C18H28O4/c1-8-12(2)17(19)22-18(5,6)15-11-9-10-13(3)16(15)21-14(4)20-7/h9-12,14H,8H2,1-7H3. The smallest absolute Gasteiger partial charge is 0.309 e. The molecule has 0 amide bonds. The average Bonchev–Trinajstić information content (AvgIpc) is 2.47. The molecule has 0 radical (unpaired) electrons. The third-order valence-electron chi connectivity index (χ3n) is 3.85. The molecule has 4 heteroatoms. The topological polar surface area (TPSA) is 44.8 Å². The molecule has 2 unspecified atom stereocenters. The summed E-state index contributed by atoms with van der Waals surface area (Å²) in [4.78, 5) is 12.1. The molecule has 0 aromatic heterocycles. The van der Waals surface area contributed by atoms with Gasteiger partial charge in [-0.15, -0.1) is 0 Å². The molecule has 0 spiro atoms. The molecule has 124 valence electrons. The summed E-state index contributed by atoms with van der Waals surface area (Å²) >= 11 is 0. The van der Waals surface area contributed by atoms with Gasteiger partial charge >= 0.3 is 5.97 Å². The van der Waals surface area contributed by atoms with Crippen molar-refractivity contribution in [3.05, 3.63) is 29.3 Å². The highest BCUT2D eigenvalue weighted by atomic mass is 16.7. The Morgan fingerprint density at radius 2 is 1.91 bits per heavy atom. The minimum atomic E-state index is -0.769. The summed E-state index contributed by atoms with van der Waals surface area (Å²) < 4.78 is 16.8. The van der Waals surface area contributed by atoms with E-state index in [-0.39, 0.29) is 18.2 Å². The number of aryl methyl sites for hydroxylation is 1. The largest absolute Gasteiger partial charge is 0.465 e. The predicted molar refractivity (Wildman–Crippen MR) is 86.9 cm³/mol. The number of carbonyl (C=O) groups is 1. The van der Waals surface area contributed by atoms with Gasteiger partial charge in [-0.25, -0.2) is 0 Å². The molecule has 0 N–H and O–H groups in total. The molecule has 1 aromatic rings. The molecule has 0 fully saturated rings. The Bertz CT molecular complexity index is 508. The van der Waals surface area contributed by atoms with Crippen molar-refractivity contribution in [3.63, 3.8) is 0 Å². The van der Waals surface area contributed by atoms with Gasteiger partial charge in [0.05, 0.1) is 5.92 Å². The summed E-state index contributed by atoms with van der Waals surface area (Å²) in [5.74, 6) is 0.393. The van der Waals surface area contributed by atoms with Crippen molar-refractivity contribution >= 4 is 5.97 Å². The highest BCUT2D eigenvalue weighted by Gasteiger charge is 2.31. The Kier molecular flexibility index (Phi) is 6.42. The maximum absolute atomic E-state index is 12.1. The van der Waals surface area contributed by atoms with Crippen LogP contribution in [0.25, 0.3) is 0 Å². The number of methoxy groups -OCH3 is 1. The summed E-state index contributed by atoms with van der Waals surface area (Å²) in [6.07, 6.45) is 0.383. The molecule has 0 saturated heterocycles. The summed E-state index contributed by atoms with van der Waals surface area (Å²) in [7, 11) is 1.59. The van der Waals surface area contributed by atoms with Gasteiger partial charge < -0.3 is 14.2 Å². The van der Waals surface area contributed by atoms with Gasteiger partial charge in [0.15, 0.2) is 6.29 Å². The van der Waals surface area contributed by atoms with E-state index in [2.05, 4.69) is 0 Å². The normalized spacial score (nSPS) is 14.3. The van der Waals surface area contributed by atoms with Crippen LogP contribution in [0.5, 0.6) is 5.75 Å². The number of carbonyl (C=O) groups excluding carboxylic acids is 1. The first-order valence-corrected chi connectivity index (χ1v) is 7.75. The molecule has 0 bridgehead atoms. The van der Waals surface area contributed by atoms with Crippen LogP contribution in [0.3, 0.4) is 0 Å². The molecule has 1 aromatic carbocycles. The Hall–Kier alpha value is -1.55. The molecule has 1 rings (SSSR count). The summed E-state index contributed by atoms with van der Waals surface area (Å²) in [6.45, 7) is 11.4.